The minimum atomic E-state index is -0.262. The number of carbonyl (C=O) groups excluding carboxylic acids is 1. The molecule has 146 valence electrons. The molecule has 3 aromatic heterocycles. The van der Waals surface area contributed by atoms with Gasteiger partial charge in [0.25, 0.3) is 11.5 Å². The molecule has 4 heterocycles. The molecule has 5 rings (SSSR count). The molecule has 0 saturated carbocycles. The monoisotopic (exact) mass is 387 g/mol. The SMILES string of the molecule is O=C(c1ccncc1)N1CCCC2(CCc3c2nc(-c2cccnc2)[nH]c3=O)C1. The third-order valence-corrected chi connectivity index (χ3v) is 6.10. The zero-order valence-corrected chi connectivity index (χ0v) is 16.0. The van der Waals surface area contributed by atoms with Gasteiger partial charge < -0.3 is 9.88 Å². The number of aromatic nitrogens is 4. The molecule has 1 spiro atoms. The van der Waals surface area contributed by atoms with Crippen LogP contribution in [0.5, 0.6) is 0 Å². The van der Waals surface area contributed by atoms with Crippen molar-refractivity contribution in [1.82, 2.24) is 24.8 Å². The van der Waals surface area contributed by atoms with Gasteiger partial charge in [0.1, 0.15) is 5.82 Å². The fourth-order valence-electron chi connectivity index (χ4n) is 4.67. The zero-order valence-electron chi connectivity index (χ0n) is 16.0. The van der Waals surface area contributed by atoms with E-state index in [9.17, 15) is 9.59 Å². The highest BCUT2D eigenvalue weighted by molar-refractivity contribution is 5.94. The molecule has 3 aromatic rings. The van der Waals surface area contributed by atoms with Gasteiger partial charge in [0.05, 0.1) is 5.69 Å². The molecule has 1 N–H and O–H groups in total. The van der Waals surface area contributed by atoms with Crippen LogP contribution in [-0.2, 0) is 11.8 Å². The summed E-state index contributed by atoms with van der Waals surface area (Å²) in [5, 5.41) is 0. The highest BCUT2D eigenvalue weighted by Gasteiger charge is 2.45. The van der Waals surface area contributed by atoms with E-state index in [1.807, 2.05) is 17.0 Å². The van der Waals surface area contributed by atoms with E-state index < -0.39 is 0 Å². The third kappa shape index (κ3) is 3.03. The van der Waals surface area contributed by atoms with Gasteiger partial charge in [0, 0.05) is 60.0 Å². The smallest absolute Gasteiger partial charge is 0.254 e. The lowest BCUT2D eigenvalue weighted by Crippen LogP contribution is -2.48. The maximum atomic E-state index is 13.0. The molecule has 29 heavy (non-hydrogen) atoms. The van der Waals surface area contributed by atoms with E-state index in [4.69, 9.17) is 4.98 Å². The second-order valence-electron chi connectivity index (χ2n) is 7.83. The fourth-order valence-corrected chi connectivity index (χ4v) is 4.67. The molecular weight excluding hydrogens is 366 g/mol. The molecule has 2 aliphatic rings. The second-order valence-corrected chi connectivity index (χ2v) is 7.83. The Morgan fingerprint density at radius 2 is 1.97 bits per heavy atom. The summed E-state index contributed by atoms with van der Waals surface area (Å²) in [4.78, 5) is 43.6. The molecule has 1 amide bonds. The van der Waals surface area contributed by atoms with Crippen LogP contribution in [0.3, 0.4) is 0 Å². The van der Waals surface area contributed by atoms with Crippen molar-refractivity contribution in [3.63, 3.8) is 0 Å². The van der Waals surface area contributed by atoms with Crippen molar-refractivity contribution in [3.05, 3.63) is 76.2 Å². The summed E-state index contributed by atoms with van der Waals surface area (Å²) in [6.07, 6.45) is 10.0. The predicted octanol–water partition coefficient (Wildman–Crippen LogP) is 2.35. The van der Waals surface area contributed by atoms with E-state index in [1.54, 1.807) is 36.9 Å². The van der Waals surface area contributed by atoms with Gasteiger partial charge in [-0.2, -0.15) is 0 Å². The Hall–Kier alpha value is -3.35. The van der Waals surface area contributed by atoms with Crippen LogP contribution in [0.1, 0.15) is 40.9 Å². The summed E-state index contributed by atoms with van der Waals surface area (Å²) >= 11 is 0. The van der Waals surface area contributed by atoms with Gasteiger partial charge in [-0.15, -0.1) is 0 Å². The summed E-state index contributed by atoms with van der Waals surface area (Å²) in [6.45, 7) is 1.31. The van der Waals surface area contributed by atoms with Crippen LogP contribution in [0.4, 0.5) is 0 Å². The molecule has 1 aliphatic heterocycles. The number of amides is 1. The first kappa shape index (κ1) is 17.7. The Balaban J connectivity index is 1.52. The summed E-state index contributed by atoms with van der Waals surface area (Å²) in [7, 11) is 0. The topological polar surface area (TPSA) is 91.8 Å². The van der Waals surface area contributed by atoms with Crippen molar-refractivity contribution in [1.29, 1.82) is 0 Å². The molecule has 1 aliphatic carbocycles. The number of aromatic amines is 1. The molecule has 7 heteroatoms. The number of hydrogen-bond acceptors (Lipinski definition) is 5. The Kier molecular flexibility index (Phi) is 4.23. The molecule has 1 atom stereocenters. The van der Waals surface area contributed by atoms with Gasteiger partial charge in [-0.1, -0.05) is 0 Å². The summed E-state index contributed by atoms with van der Waals surface area (Å²) in [5.41, 5.74) is 2.70. The van der Waals surface area contributed by atoms with Crippen molar-refractivity contribution < 1.29 is 4.79 Å². The number of pyridine rings is 2. The largest absolute Gasteiger partial charge is 0.338 e. The number of rotatable bonds is 2. The molecule has 1 unspecified atom stereocenters. The maximum Gasteiger partial charge on any atom is 0.254 e. The van der Waals surface area contributed by atoms with Gasteiger partial charge in [-0.3, -0.25) is 19.6 Å². The minimum absolute atomic E-state index is 0.0113. The molecule has 7 nitrogen and oxygen atoms in total. The van der Waals surface area contributed by atoms with E-state index >= 15 is 0 Å². The number of hydrogen-bond donors (Lipinski definition) is 1. The molecule has 0 radical (unpaired) electrons. The average Bonchev–Trinajstić information content (AvgIpc) is 3.12. The summed E-state index contributed by atoms with van der Waals surface area (Å²) in [5.74, 6) is 0.554. The molecule has 0 bridgehead atoms. The van der Waals surface area contributed by atoms with Crippen molar-refractivity contribution in [2.24, 2.45) is 0 Å². The van der Waals surface area contributed by atoms with E-state index in [0.717, 1.165) is 42.6 Å². The number of fused-ring (bicyclic) bond motifs is 2. The number of piperidine rings is 1. The standard InChI is InChI=1S/C22H21N5O2/c28-20-17-4-8-22(18(17)25-19(26-20)16-3-1-9-24-13-16)7-2-12-27(14-22)21(29)15-5-10-23-11-6-15/h1,3,5-6,9-11,13H,2,4,7-8,12,14H2,(H,25,26,28). The number of H-pyrrole nitrogens is 1. The Labute approximate surface area is 167 Å². The van der Waals surface area contributed by atoms with E-state index in [0.29, 0.717) is 24.4 Å². The van der Waals surface area contributed by atoms with Crippen molar-refractivity contribution in [3.8, 4) is 11.4 Å². The number of nitrogens with zero attached hydrogens (tertiary/aromatic N) is 4. The molecule has 1 saturated heterocycles. The van der Waals surface area contributed by atoms with Crippen LogP contribution in [0, 0.1) is 0 Å². The Morgan fingerprint density at radius 3 is 2.76 bits per heavy atom. The maximum absolute atomic E-state index is 13.0. The first-order valence-electron chi connectivity index (χ1n) is 9.90. The highest BCUT2D eigenvalue weighted by Crippen LogP contribution is 2.43. The first-order valence-corrected chi connectivity index (χ1v) is 9.90. The highest BCUT2D eigenvalue weighted by atomic mass is 16.2. The fraction of sp³-hybridized carbons (Fsp3) is 0.318. The van der Waals surface area contributed by atoms with Gasteiger partial charge in [-0.05, 0) is 49.9 Å². The van der Waals surface area contributed by atoms with Crippen LogP contribution in [0.15, 0.2) is 53.8 Å². The third-order valence-electron chi connectivity index (χ3n) is 6.10. The van der Waals surface area contributed by atoms with Crippen LogP contribution in [0.25, 0.3) is 11.4 Å². The van der Waals surface area contributed by atoms with Crippen molar-refractivity contribution >= 4 is 5.91 Å². The summed E-state index contributed by atoms with van der Waals surface area (Å²) in [6, 6.07) is 7.21. The van der Waals surface area contributed by atoms with Crippen LogP contribution in [-0.4, -0.2) is 43.8 Å². The van der Waals surface area contributed by atoms with Crippen LogP contribution < -0.4 is 5.56 Å². The van der Waals surface area contributed by atoms with E-state index in [1.165, 1.54) is 0 Å². The lowest BCUT2D eigenvalue weighted by molar-refractivity contribution is 0.0633. The van der Waals surface area contributed by atoms with Gasteiger partial charge in [0.15, 0.2) is 0 Å². The van der Waals surface area contributed by atoms with E-state index in [-0.39, 0.29) is 16.9 Å². The van der Waals surface area contributed by atoms with E-state index in [2.05, 4.69) is 15.0 Å². The predicted molar refractivity (Wildman–Crippen MR) is 107 cm³/mol. The summed E-state index contributed by atoms with van der Waals surface area (Å²) < 4.78 is 0. The van der Waals surface area contributed by atoms with Crippen molar-refractivity contribution in [2.75, 3.05) is 13.1 Å². The van der Waals surface area contributed by atoms with Crippen LogP contribution >= 0.6 is 0 Å². The Bertz CT molecular complexity index is 1110. The van der Waals surface area contributed by atoms with Gasteiger partial charge in [-0.25, -0.2) is 4.98 Å². The number of carbonyl (C=O) groups is 1. The quantitative estimate of drug-likeness (QED) is 0.729. The lowest BCUT2D eigenvalue weighted by atomic mass is 9.77. The second kappa shape index (κ2) is 6.92. The van der Waals surface area contributed by atoms with Crippen molar-refractivity contribution in [2.45, 2.75) is 31.1 Å². The first-order chi connectivity index (χ1) is 14.2. The molecule has 1 fully saturated rings. The number of likely N-dealkylation sites (tertiary alicyclic amines) is 1. The van der Waals surface area contributed by atoms with Crippen LogP contribution in [0.2, 0.25) is 0 Å². The zero-order chi connectivity index (χ0) is 19.8. The van der Waals surface area contributed by atoms with Gasteiger partial charge in [0.2, 0.25) is 0 Å². The molecule has 0 aromatic carbocycles. The van der Waals surface area contributed by atoms with Gasteiger partial charge >= 0.3 is 0 Å². The Morgan fingerprint density at radius 1 is 1.10 bits per heavy atom. The average molecular weight is 387 g/mol. The normalized spacial score (nSPS) is 20.6. The molecular formula is C22H21N5O2. The number of nitrogens with one attached hydrogen (secondary N) is 1. The lowest BCUT2D eigenvalue weighted by Gasteiger charge is -2.40. The minimum Gasteiger partial charge on any atom is -0.338 e.